The number of hydrogen-bond acceptors (Lipinski definition) is 3. The van der Waals surface area contributed by atoms with E-state index < -0.39 is 10.1 Å². The van der Waals surface area contributed by atoms with E-state index in [9.17, 15) is 17.4 Å². The van der Waals surface area contributed by atoms with Gasteiger partial charge < -0.3 is 4.55 Å². The highest BCUT2D eigenvalue weighted by Gasteiger charge is 1.97. The fraction of sp³-hybridized carbons (Fsp3) is 0.0833. The van der Waals surface area contributed by atoms with Crippen molar-refractivity contribution < 1.29 is 22.3 Å². The number of H-pyrrole nitrogens is 1. The Morgan fingerprint density at radius 2 is 1.72 bits per heavy atom. The quantitative estimate of drug-likeness (QED) is 0.582. The van der Waals surface area contributed by atoms with E-state index in [1.807, 2.05) is 6.92 Å². The van der Waals surface area contributed by atoms with Crippen molar-refractivity contribution in [3.05, 3.63) is 60.2 Å². The average molecular weight is 269 g/mol. The first-order valence-corrected chi connectivity index (χ1v) is 6.45. The predicted octanol–water partition coefficient (Wildman–Crippen LogP) is 1.54. The highest BCUT2D eigenvalue weighted by molar-refractivity contribution is 7.85. The molecular formula is C12H12FNO3S. The van der Waals surface area contributed by atoms with Gasteiger partial charge in [0, 0.05) is 12.1 Å². The van der Waals surface area contributed by atoms with Crippen LogP contribution in [-0.2, 0) is 10.1 Å². The van der Waals surface area contributed by atoms with E-state index in [1.54, 1.807) is 24.3 Å². The van der Waals surface area contributed by atoms with Crippen molar-refractivity contribution in [3.63, 3.8) is 0 Å². The van der Waals surface area contributed by atoms with Crippen LogP contribution in [0.4, 0.5) is 4.39 Å². The van der Waals surface area contributed by atoms with E-state index >= 15 is 0 Å². The first kappa shape index (κ1) is 14.3. The lowest BCUT2D eigenvalue weighted by atomic mass is 10.2. The van der Waals surface area contributed by atoms with Crippen LogP contribution in [0.2, 0.25) is 0 Å². The molecule has 1 aromatic heterocycles. The van der Waals surface area contributed by atoms with Crippen LogP contribution in [0.25, 0.3) is 0 Å². The van der Waals surface area contributed by atoms with E-state index in [0.717, 1.165) is 5.56 Å². The molecule has 0 bridgehead atoms. The number of benzene rings is 1. The molecule has 0 unspecified atom stereocenters. The lowest BCUT2D eigenvalue weighted by Crippen LogP contribution is -2.04. The lowest BCUT2D eigenvalue weighted by Gasteiger charge is -2.05. The number of rotatable bonds is 1. The van der Waals surface area contributed by atoms with Crippen LogP contribution >= 0.6 is 0 Å². The number of aromatic nitrogens is 1. The topological polar surface area (TPSA) is 71.3 Å². The van der Waals surface area contributed by atoms with Crippen LogP contribution in [0.3, 0.4) is 0 Å². The normalized spacial score (nSPS) is 10.4. The first-order valence-electron chi connectivity index (χ1n) is 5.04. The maximum atomic E-state index is 11.9. The summed E-state index contributed by atoms with van der Waals surface area (Å²) in [6, 6.07) is 10.5. The Morgan fingerprint density at radius 3 is 2.06 bits per heavy atom. The van der Waals surface area contributed by atoms with Gasteiger partial charge in [0.15, 0.2) is 6.20 Å². The fourth-order valence-electron chi connectivity index (χ4n) is 1.08. The highest BCUT2D eigenvalue weighted by Crippen LogP contribution is 2.08. The van der Waals surface area contributed by atoms with E-state index in [4.69, 9.17) is 0 Å². The summed E-state index contributed by atoms with van der Waals surface area (Å²) in [6.45, 7) is 1.82. The molecule has 96 valence electrons. The molecule has 1 heterocycles. The molecule has 0 atom stereocenters. The van der Waals surface area contributed by atoms with Crippen molar-refractivity contribution in [3.8, 4) is 0 Å². The Bertz CT molecular complexity index is 582. The van der Waals surface area contributed by atoms with E-state index in [2.05, 4.69) is 4.98 Å². The molecule has 0 radical (unpaired) electrons. The van der Waals surface area contributed by atoms with Crippen molar-refractivity contribution in [1.82, 2.24) is 0 Å². The standard InChI is InChI=1S/C7H8O3S.C5H4FN/c1-6-2-4-7(5-3-6)11(8,9)10;6-5-3-1-2-4-7-5/h2-5H,1H3,(H,8,9,10);1-4H. The van der Waals surface area contributed by atoms with E-state index in [1.165, 1.54) is 24.4 Å². The van der Waals surface area contributed by atoms with Crippen molar-refractivity contribution in [2.24, 2.45) is 0 Å². The largest absolute Gasteiger partial charge is 0.744 e. The fourth-order valence-corrected chi connectivity index (χ4v) is 1.55. The zero-order valence-electron chi connectivity index (χ0n) is 9.63. The lowest BCUT2D eigenvalue weighted by molar-refractivity contribution is -0.421. The zero-order valence-corrected chi connectivity index (χ0v) is 10.4. The second-order valence-corrected chi connectivity index (χ2v) is 4.86. The first-order chi connectivity index (χ1) is 8.39. The third kappa shape index (κ3) is 5.03. The number of aryl methyl sites for hydroxylation is 1. The van der Waals surface area contributed by atoms with Crippen LogP contribution in [0.15, 0.2) is 53.6 Å². The summed E-state index contributed by atoms with van der Waals surface area (Å²) in [5, 5.41) is 0. The van der Waals surface area contributed by atoms with Gasteiger partial charge in [0.25, 0.3) is 0 Å². The van der Waals surface area contributed by atoms with Gasteiger partial charge in [0.1, 0.15) is 10.1 Å². The number of pyridine rings is 1. The monoisotopic (exact) mass is 269 g/mol. The molecule has 0 amide bonds. The Kier molecular flexibility index (Phi) is 4.94. The van der Waals surface area contributed by atoms with E-state index in [0.29, 0.717) is 0 Å². The molecule has 2 aromatic rings. The van der Waals surface area contributed by atoms with Crippen LogP contribution in [0, 0.1) is 12.9 Å². The summed E-state index contributed by atoms with van der Waals surface area (Å²) in [4.78, 5) is 2.19. The van der Waals surface area contributed by atoms with Crippen molar-refractivity contribution in [2.75, 3.05) is 0 Å². The summed E-state index contributed by atoms with van der Waals surface area (Å²) >= 11 is 0. The van der Waals surface area contributed by atoms with Crippen LogP contribution in [0.1, 0.15) is 5.56 Å². The molecular weight excluding hydrogens is 257 g/mol. The van der Waals surface area contributed by atoms with Gasteiger partial charge in [-0.15, -0.1) is 4.39 Å². The van der Waals surface area contributed by atoms with Crippen molar-refractivity contribution in [2.45, 2.75) is 11.8 Å². The molecule has 1 aromatic carbocycles. The summed E-state index contributed by atoms with van der Waals surface area (Å²) in [6.07, 6.45) is 1.54. The van der Waals surface area contributed by atoms with Gasteiger partial charge >= 0.3 is 5.95 Å². The molecule has 0 aliphatic heterocycles. The average Bonchev–Trinajstić information content (AvgIpc) is 2.30. The third-order valence-corrected chi connectivity index (χ3v) is 2.83. The predicted molar refractivity (Wildman–Crippen MR) is 62.1 cm³/mol. The summed E-state index contributed by atoms with van der Waals surface area (Å²) in [5.74, 6) is -0.303. The van der Waals surface area contributed by atoms with Gasteiger partial charge in [-0.1, -0.05) is 17.7 Å². The summed E-state index contributed by atoms with van der Waals surface area (Å²) < 4.78 is 43.0. The minimum Gasteiger partial charge on any atom is -0.744 e. The Hall–Kier alpha value is -1.79. The maximum absolute atomic E-state index is 11.9. The second kappa shape index (κ2) is 6.23. The van der Waals surface area contributed by atoms with Gasteiger partial charge in [0.05, 0.1) is 4.90 Å². The molecule has 0 saturated heterocycles. The Labute approximate surface area is 105 Å². The highest BCUT2D eigenvalue weighted by atomic mass is 32.2. The van der Waals surface area contributed by atoms with Gasteiger partial charge in [-0.3, -0.25) is 0 Å². The molecule has 0 aliphatic rings. The Balaban J connectivity index is 0.000000199. The third-order valence-electron chi connectivity index (χ3n) is 1.98. The molecule has 0 aliphatic carbocycles. The zero-order chi connectivity index (χ0) is 13.6. The SMILES string of the molecule is Cc1ccc(S(=O)(=O)[O-])cc1.Fc1cccc[nH+]1. The number of nitrogens with one attached hydrogen (secondary N) is 1. The number of hydrogen-bond donors (Lipinski definition) is 0. The summed E-state index contributed by atoms with van der Waals surface area (Å²) in [5.41, 5.74) is 0.928. The van der Waals surface area contributed by atoms with Gasteiger partial charge in [-0.2, -0.15) is 4.98 Å². The molecule has 1 N–H and O–H groups in total. The van der Waals surface area contributed by atoms with Crippen LogP contribution < -0.4 is 4.98 Å². The van der Waals surface area contributed by atoms with Crippen molar-refractivity contribution >= 4 is 10.1 Å². The smallest absolute Gasteiger partial charge is 0.357 e. The molecule has 4 nitrogen and oxygen atoms in total. The van der Waals surface area contributed by atoms with Gasteiger partial charge in [-0.25, -0.2) is 8.42 Å². The molecule has 6 heteroatoms. The second-order valence-electron chi connectivity index (χ2n) is 3.48. The Morgan fingerprint density at radius 1 is 1.11 bits per heavy atom. The molecule has 0 spiro atoms. The number of aromatic amines is 1. The van der Waals surface area contributed by atoms with E-state index in [-0.39, 0.29) is 10.8 Å². The minimum atomic E-state index is -4.27. The summed E-state index contributed by atoms with van der Waals surface area (Å²) in [7, 11) is -4.27. The van der Waals surface area contributed by atoms with Crippen molar-refractivity contribution in [1.29, 1.82) is 0 Å². The molecule has 18 heavy (non-hydrogen) atoms. The van der Waals surface area contributed by atoms with Gasteiger partial charge in [0.2, 0.25) is 0 Å². The maximum Gasteiger partial charge on any atom is 0.357 e. The molecule has 0 saturated carbocycles. The number of halogens is 1. The molecule has 0 fully saturated rings. The molecule has 2 rings (SSSR count). The van der Waals surface area contributed by atoms with Crippen LogP contribution in [0.5, 0.6) is 0 Å². The minimum absolute atomic E-state index is 0.178. The van der Waals surface area contributed by atoms with Crippen LogP contribution in [-0.4, -0.2) is 13.0 Å². The van der Waals surface area contributed by atoms with Gasteiger partial charge in [-0.05, 0) is 25.1 Å².